The molecule has 1 saturated heterocycles. The lowest BCUT2D eigenvalue weighted by Gasteiger charge is -2.30. The number of carbonyl (C=O) groups excluding carboxylic acids is 1. The second kappa shape index (κ2) is 9.86. The molecular weight excluding hydrogens is 394 g/mol. The summed E-state index contributed by atoms with van der Waals surface area (Å²) in [7, 11) is 0. The normalized spacial score (nSPS) is 23.2. The largest absolute Gasteiger partial charge is 0.352 e. The quantitative estimate of drug-likeness (QED) is 0.691. The monoisotopic (exact) mass is 427 g/mol. The zero-order valence-corrected chi connectivity index (χ0v) is 18.9. The predicted molar refractivity (Wildman–Crippen MR) is 122 cm³/mol. The number of rotatable bonds is 6. The standard InChI is InChI=1S/C23H33N5OS/c1-17-11-7-8-14-20(17)24-21(29)18(2)30-23-26-25-22(27-15-9-4-10-16-27)28(23)19-12-5-3-6-13-19/h3,5-6,12-13,17-18,20H,4,7-11,14-16H2,1-2H3,(H,24,29). The molecule has 0 radical (unpaired) electrons. The van der Waals surface area contributed by atoms with E-state index in [1.807, 2.05) is 25.1 Å². The molecule has 4 rings (SSSR count). The van der Waals surface area contributed by atoms with Gasteiger partial charge in [0.2, 0.25) is 11.9 Å². The predicted octanol–water partition coefficient (Wildman–Crippen LogP) is 4.43. The zero-order valence-electron chi connectivity index (χ0n) is 18.1. The first kappa shape index (κ1) is 21.2. The number of carbonyl (C=O) groups is 1. The number of aromatic nitrogens is 3. The van der Waals surface area contributed by atoms with Gasteiger partial charge in [-0.2, -0.15) is 0 Å². The van der Waals surface area contributed by atoms with Crippen molar-refractivity contribution in [2.75, 3.05) is 18.0 Å². The molecule has 1 aliphatic carbocycles. The Hall–Kier alpha value is -2.02. The highest BCUT2D eigenvalue weighted by molar-refractivity contribution is 8.00. The van der Waals surface area contributed by atoms with Gasteiger partial charge in [-0.05, 0) is 57.1 Å². The van der Waals surface area contributed by atoms with Crippen LogP contribution in [-0.2, 0) is 4.79 Å². The number of hydrogen-bond acceptors (Lipinski definition) is 5. The Kier molecular flexibility index (Phi) is 6.97. The number of para-hydroxylation sites is 1. The highest BCUT2D eigenvalue weighted by atomic mass is 32.2. The molecule has 1 aromatic heterocycles. The Labute approximate surface area is 183 Å². The van der Waals surface area contributed by atoms with Crippen molar-refractivity contribution in [3.63, 3.8) is 0 Å². The molecular formula is C23H33N5OS. The van der Waals surface area contributed by atoms with Crippen LogP contribution in [0.15, 0.2) is 35.5 Å². The van der Waals surface area contributed by atoms with E-state index in [1.165, 1.54) is 50.3 Å². The lowest BCUT2D eigenvalue weighted by Crippen LogP contribution is -2.44. The van der Waals surface area contributed by atoms with Gasteiger partial charge in [-0.15, -0.1) is 10.2 Å². The Morgan fingerprint density at radius 1 is 1.07 bits per heavy atom. The zero-order chi connectivity index (χ0) is 20.9. The highest BCUT2D eigenvalue weighted by Gasteiger charge is 2.28. The summed E-state index contributed by atoms with van der Waals surface area (Å²) in [6, 6.07) is 10.5. The van der Waals surface area contributed by atoms with E-state index in [0.29, 0.717) is 12.0 Å². The fourth-order valence-corrected chi connectivity index (χ4v) is 5.35. The van der Waals surface area contributed by atoms with Crippen LogP contribution in [0, 0.1) is 5.92 Å². The van der Waals surface area contributed by atoms with E-state index in [-0.39, 0.29) is 11.2 Å². The van der Waals surface area contributed by atoms with Gasteiger partial charge in [-0.1, -0.05) is 49.7 Å². The Balaban J connectivity index is 1.53. The summed E-state index contributed by atoms with van der Waals surface area (Å²) in [5.41, 5.74) is 1.04. The molecule has 6 nitrogen and oxygen atoms in total. The lowest BCUT2D eigenvalue weighted by atomic mass is 9.86. The topological polar surface area (TPSA) is 63.1 Å². The fraction of sp³-hybridized carbons (Fsp3) is 0.609. The van der Waals surface area contributed by atoms with Gasteiger partial charge in [0, 0.05) is 19.1 Å². The summed E-state index contributed by atoms with van der Waals surface area (Å²) in [5, 5.41) is 12.9. The van der Waals surface area contributed by atoms with Crippen LogP contribution < -0.4 is 10.2 Å². The van der Waals surface area contributed by atoms with E-state index in [2.05, 4.69) is 44.0 Å². The van der Waals surface area contributed by atoms with Crippen LogP contribution in [0.2, 0.25) is 0 Å². The first-order valence-corrected chi connectivity index (χ1v) is 12.2. The minimum absolute atomic E-state index is 0.0980. The summed E-state index contributed by atoms with van der Waals surface area (Å²) in [6.07, 6.45) is 8.41. The third-order valence-electron chi connectivity index (χ3n) is 6.36. The van der Waals surface area contributed by atoms with E-state index in [9.17, 15) is 4.79 Å². The minimum atomic E-state index is -0.222. The average molecular weight is 428 g/mol. The number of thioether (sulfide) groups is 1. The second-order valence-corrected chi connectivity index (χ2v) is 9.95. The van der Waals surface area contributed by atoms with Crippen molar-refractivity contribution in [2.24, 2.45) is 5.92 Å². The van der Waals surface area contributed by atoms with Gasteiger partial charge < -0.3 is 10.2 Å². The SMILES string of the molecule is CC(Sc1nnc(N2CCCCC2)n1-c1ccccc1)C(=O)NC1CCCCC1C. The van der Waals surface area contributed by atoms with E-state index in [0.717, 1.165) is 36.3 Å². The molecule has 1 saturated carbocycles. The molecule has 30 heavy (non-hydrogen) atoms. The van der Waals surface area contributed by atoms with Crippen LogP contribution in [0.3, 0.4) is 0 Å². The van der Waals surface area contributed by atoms with Crippen LogP contribution in [0.5, 0.6) is 0 Å². The molecule has 7 heteroatoms. The summed E-state index contributed by atoms with van der Waals surface area (Å²) in [5.74, 6) is 1.54. The van der Waals surface area contributed by atoms with E-state index in [1.54, 1.807) is 0 Å². The maximum atomic E-state index is 12.9. The van der Waals surface area contributed by atoms with E-state index >= 15 is 0 Å². The van der Waals surface area contributed by atoms with Crippen LogP contribution in [0.4, 0.5) is 5.95 Å². The van der Waals surface area contributed by atoms with Gasteiger partial charge in [0.1, 0.15) is 0 Å². The van der Waals surface area contributed by atoms with Crippen LogP contribution >= 0.6 is 11.8 Å². The number of hydrogen-bond donors (Lipinski definition) is 1. The number of anilines is 1. The average Bonchev–Trinajstić information content (AvgIpc) is 3.20. The Morgan fingerprint density at radius 2 is 1.80 bits per heavy atom. The van der Waals surface area contributed by atoms with E-state index in [4.69, 9.17) is 0 Å². The maximum Gasteiger partial charge on any atom is 0.233 e. The van der Waals surface area contributed by atoms with Crippen molar-refractivity contribution >= 4 is 23.6 Å². The molecule has 0 spiro atoms. The van der Waals surface area contributed by atoms with Crippen molar-refractivity contribution in [1.29, 1.82) is 0 Å². The molecule has 1 aromatic carbocycles. The first-order chi connectivity index (χ1) is 14.6. The van der Waals surface area contributed by atoms with Crippen molar-refractivity contribution in [1.82, 2.24) is 20.1 Å². The molecule has 162 valence electrons. The summed E-state index contributed by atoms with van der Waals surface area (Å²) in [4.78, 5) is 15.2. The van der Waals surface area contributed by atoms with Crippen LogP contribution in [0.1, 0.15) is 58.8 Å². The molecule has 3 unspecified atom stereocenters. The third kappa shape index (κ3) is 4.82. The summed E-state index contributed by atoms with van der Waals surface area (Å²) >= 11 is 1.50. The summed E-state index contributed by atoms with van der Waals surface area (Å²) < 4.78 is 2.11. The number of nitrogens with one attached hydrogen (secondary N) is 1. The van der Waals surface area contributed by atoms with Crippen LogP contribution in [-0.4, -0.2) is 45.1 Å². The number of piperidine rings is 1. The van der Waals surface area contributed by atoms with Crippen molar-refractivity contribution in [3.8, 4) is 5.69 Å². The van der Waals surface area contributed by atoms with Gasteiger partial charge in [0.25, 0.3) is 0 Å². The number of amides is 1. The second-order valence-electron chi connectivity index (χ2n) is 8.64. The molecule has 2 fully saturated rings. The molecule has 1 aliphatic heterocycles. The van der Waals surface area contributed by atoms with Crippen molar-refractivity contribution < 1.29 is 4.79 Å². The molecule has 1 amide bonds. The lowest BCUT2D eigenvalue weighted by molar-refractivity contribution is -0.121. The van der Waals surface area contributed by atoms with Gasteiger partial charge in [-0.25, -0.2) is 0 Å². The van der Waals surface area contributed by atoms with Crippen molar-refractivity contribution in [3.05, 3.63) is 30.3 Å². The minimum Gasteiger partial charge on any atom is -0.352 e. The Bertz CT molecular complexity index is 833. The molecule has 2 heterocycles. The van der Waals surface area contributed by atoms with Gasteiger partial charge in [-0.3, -0.25) is 9.36 Å². The molecule has 2 aromatic rings. The third-order valence-corrected chi connectivity index (χ3v) is 7.40. The Morgan fingerprint density at radius 3 is 2.53 bits per heavy atom. The molecule has 1 N–H and O–H groups in total. The highest BCUT2D eigenvalue weighted by Crippen LogP contribution is 2.31. The number of nitrogens with zero attached hydrogens (tertiary/aromatic N) is 4. The smallest absolute Gasteiger partial charge is 0.233 e. The van der Waals surface area contributed by atoms with Crippen LogP contribution in [0.25, 0.3) is 5.69 Å². The summed E-state index contributed by atoms with van der Waals surface area (Å²) in [6.45, 7) is 6.23. The van der Waals surface area contributed by atoms with Gasteiger partial charge >= 0.3 is 0 Å². The van der Waals surface area contributed by atoms with Gasteiger partial charge in [0.05, 0.1) is 10.9 Å². The molecule has 3 atom stereocenters. The first-order valence-electron chi connectivity index (χ1n) is 11.4. The molecule has 0 bridgehead atoms. The van der Waals surface area contributed by atoms with E-state index < -0.39 is 0 Å². The number of benzene rings is 1. The van der Waals surface area contributed by atoms with Crippen molar-refractivity contribution in [2.45, 2.75) is 75.2 Å². The maximum absolute atomic E-state index is 12.9. The van der Waals surface area contributed by atoms with Gasteiger partial charge in [0.15, 0.2) is 5.16 Å². The molecule has 2 aliphatic rings. The fourth-order valence-electron chi connectivity index (χ4n) is 4.48.